The van der Waals surface area contributed by atoms with Gasteiger partial charge in [0.25, 0.3) is 0 Å². The third kappa shape index (κ3) is 4.60. The van der Waals surface area contributed by atoms with Crippen LogP contribution in [0.5, 0.6) is 0 Å². The molecule has 4 heteroatoms. The normalized spacial score (nSPS) is 18.1. The van der Waals surface area contributed by atoms with Gasteiger partial charge in [-0.25, -0.2) is 0 Å². The fraction of sp³-hybridized carbons (Fsp3) is 0.688. The van der Waals surface area contributed by atoms with E-state index in [0.29, 0.717) is 18.5 Å². The van der Waals surface area contributed by atoms with Gasteiger partial charge in [0.2, 0.25) is 5.91 Å². The van der Waals surface area contributed by atoms with Gasteiger partial charge in [0, 0.05) is 16.5 Å². The van der Waals surface area contributed by atoms with Crippen LogP contribution in [-0.4, -0.2) is 18.0 Å². The molecule has 1 atom stereocenters. The van der Waals surface area contributed by atoms with E-state index in [4.69, 9.17) is 0 Å². The van der Waals surface area contributed by atoms with Crippen molar-refractivity contribution in [3.63, 3.8) is 0 Å². The van der Waals surface area contributed by atoms with Gasteiger partial charge in [0.05, 0.1) is 6.54 Å². The molecule has 1 aromatic heterocycles. The van der Waals surface area contributed by atoms with E-state index < -0.39 is 0 Å². The van der Waals surface area contributed by atoms with Crippen LogP contribution < -0.4 is 10.6 Å². The highest BCUT2D eigenvalue weighted by Crippen LogP contribution is 2.37. The molecule has 2 rings (SSSR count). The lowest BCUT2D eigenvalue weighted by Crippen LogP contribution is -2.45. The predicted octanol–water partition coefficient (Wildman–Crippen LogP) is 3.48. The second-order valence-electron chi connectivity index (χ2n) is 6.72. The number of carbonyl (C=O) groups excluding carboxylic acids is 1. The summed E-state index contributed by atoms with van der Waals surface area (Å²) in [6.07, 6.45) is 5.19. The Kier molecular flexibility index (Phi) is 5.22. The molecule has 1 aliphatic carbocycles. The highest BCUT2D eigenvalue weighted by molar-refractivity contribution is 7.10. The highest BCUT2D eigenvalue weighted by atomic mass is 32.1. The van der Waals surface area contributed by atoms with E-state index in [-0.39, 0.29) is 11.4 Å². The molecule has 112 valence electrons. The number of rotatable bonds is 5. The molecule has 0 aliphatic heterocycles. The standard InChI is InChI=1S/C16H26N2OS/c1-16(2,3)18-14(19)11-17-15(12-7-4-5-8-12)13-9-6-10-20-13/h6,9-10,12,15,17H,4-5,7-8,11H2,1-3H3,(H,18,19). The van der Waals surface area contributed by atoms with Gasteiger partial charge in [0.15, 0.2) is 0 Å². The first kappa shape index (κ1) is 15.5. The van der Waals surface area contributed by atoms with Crippen molar-refractivity contribution >= 4 is 17.2 Å². The van der Waals surface area contributed by atoms with E-state index in [2.05, 4.69) is 28.1 Å². The number of thiophene rings is 1. The van der Waals surface area contributed by atoms with Crippen LogP contribution in [0, 0.1) is 5.92 Å². The molecule has 1 saturated carbocycles. The molecule has 1 fully saturated rings. The van der Waals surface area contributed by atoms with Crippen molar-refractivity contribution in [2.24, 2.45) is 5.92 Å². The minimum absolute atomic E-state index is 0.0806. The smallest absolute Gasteiger partial charge is 0.234 e. The molecule has 0 aromatic carbocycles. The summed E-state index contributed by atoms with van der Waals surface area (Å²) in [6, 6.07) is 4.62. The van der Waals surface area contributed by atoms with Gasteiger partial charge in [0.1, 0.15) is 0 Å². The molecule has 20 heavy (non-hydrogen) atoms. The molecule has 2 N–H and O–H groups in total. The Bertz CT molecular complexity index is 416. The molecule has 1 aliphatic rings. The van der Waals surface area contributed by atoms with Crippen LogP contribution in [0.15, 0.2) is 17.5 Å². The zero-order valence-corrected chi connectivity index (χ0v) is 13.6. The van der Waals surface area contributed by atoms with Crippen LogP contribution in [-0.2, 0) is 4.79 Å². The van der Waals surface area contributed by atoms with Crippen molar-refractivity contribution in [3.05, 3.63) is 22.4 Å². The summed E-state index contributed by atoms with van der Waals surface area (Å²) in [7, 11) is 0. The fourth-order valence-electron chi connectivity index (χ4n) is 2.92. The Morgan fingerprint density at radius 1 is 1.40 bits per heavy atom. The van der Waals surface area contributed by atoms with Gasteiger partial charge in [-0.1, -0.05) is 18.9 Å². The van der Waals surface area contributed by atoms with Crippen LogP contribution in [0.3, 0.4) is 0 Å². The van der Waals surface area contributed by atoms with Gasteiger partial charge in [-0.3, -0.25) is 4.79 Å². The Morgan fingerprint density at radius 3 is 2.65 bits per heavy atom. The summed E-state index contributed by atoms with van der Waals surface area (Å²) in [5, 5.41) is 8.62. The van der Waals surface area contributed by atoms with Gasteiger partial charge >= 0.3 is 0 Å². The quantitative estimate of drug-likeness (QED) is 0.873. The van der Waals surface area contributed by atoms with Crippen molar-refractivity contribution in [2.45, 2.75) is 58.0 Å². The lowest BCUT2D eigenvalue weighted by molar-refractivity contribution is -0.121. The minimum atomic E-state index is -0.162. The lowest BCUT2D eigenvalue weighted by Gasteiger charge is -2.25. The van der Waals surface area contributed by atoms with Crippen molar-refractivity contribution < 1.29 is 4.79 Å². The van der Waals surface area contributed by atoms with E-state index in [0.717, 1.165) is 0 Å². The van der Waals surface area contributed by atoms with Crippen LogP contribution in [0.1, 0.15) is 57.4 Å². The summed E-state index contributed by atoms with van der Waals surface area (Å²) < 4.78 is 0. The number of nitrogens with one attached hydrogen (secondary N) is 2. The van der Waals surface area contributed by atoms with Gasteiger partial charge in [-0.05, 0) is 51.0 Å². The summed E-state index contributed by atoms with van der Waals surface area (Å²) >= 11 is 1.79. The summed E-state index contributed by atoms with van der Waals surface area (Å²) in [4.78, 5) is 13.3. The van der Waals surface area contributed by atoms with E-state index in [1.807, 2.05) is 20.8 Å². The largest absolute Gasteiger partial charge is 0.350 e. The minimum Gasteiger partial charge on any atom is -0.350 e. The molecule has 0 saturated heterocycles. The average Bonchev–Trinajstić information content (AvgIpc) is 2.98. The summed E-state index contributed by atoms with van der Waals surface area (Å²) in [5.74, 6) is 0.758. The molecule has 0 bridgehead atoms. The van der Waals surface area contributed by atoms with Crippen molar-refractivity contribution in [2.75, 3.05) is 6.54 Å². The molecular formula is C16H26N2OS. The Hall–Kier alpha value is -0.870. The van der Waals surface area contributed by atoms with E-state index in [1.165, 1.54) is 30.6 Å². The Balaban J connectivity index is 1.93. The monoisotopic (exact) mass is 294 g/mol. The molecule has 1 aromatic rings. The molecule has 1 amide bonds. The van der Waals surface area contributed by atoms with Gasteiger partial charge in [-0.15, -0.1) is 11.3 Å². The van der Waals surface area contributed by atoms with Crippen molar-refractivity contribution in [3.8, 4) is 0 Å². The number of hydrogen-bond acceptors (Lipinski definition) is 3. The number of carbonyl (C=O) groups is 1. The fourth-order valence-corrected chi connectivity index (χ4v) is 3.82. The topological polar surface area (TPSA) is 41.1 Å². The van der Waals surface area contributed by atoms with Crippen molar-refractivity contribution in [1.29, 1.82) is 0 Å². The van der Waals surface area contributed by atoms with Crippen LogP contribution in [0.4, 0.5) is 0 Å². The third-order valence-electron chi connectivity index (χ3n) is 3.72. The zero-order valence-electron chi connectivity index (χ0n) is 12.7. The SMILES string of the molecule is CC(C)(C)NC(=O)CNC(c1cccs1)C1CCCC1. The Labute approximate surface area is 126 Å². The van der Waals surface area contributed by atoms with Crippen LogP contribution in [0.25, 0.3) is 0 Å². The molecule has 1 heterocycles. The first-order chi connectivity index (χ1) is 9.46. The predicted molar refractivity (Wildman–Crippen MR) is 84.9 cm³/mol. The molecular weight excluding hydrogens is 268 g/mol. The number of hydrogen-bond donors (Lipinski definition) is 2. The summed E-state index contributed by atoms with van der Waals surface area (Å²) in [6.45, 7) is 6.44. The molecule has 1 unspecified atom stereocenters. The zero-order chi connectivity index (χ0) is 14.6. The highest BCUT2D eigenvalue weighted by Gasteiger charge is 2.27. The molecule has 0 spiro atoms. The first-order valence-electron chi connectivity index (χ1n) is 7.53. The summed E-state index contributed by atoms with van der Waals surface area (Å²) in [5.41, 5.74) is -0.162. The molecule has 0 radical (unpaired) electrons. The maximum absolute atomic E-state index is 12.0. The number of amides is 1. The second kappa shape index (κ2) is 6.72. The van der Waals surface area contributed by atoms with E-state index >= 15 is 0 Å². The van der Waals surface area contributed by atoms with Gasteiger partial charge < -0.3 is 10.6 Å². The third-order valence-corrected chi connectivity index (χ3v) is 4.67. The van der Waals surface area contributed by atoms with Crippen molar-refractivity contribution in [1.82, 2.24) is 10.6 Å². The van der Waals surface area contributed by atoms with Gasteiger partial charge in [-0.2, -0.15) is 0 Å². The van der Waals surface area contributed by atoms with E-state index in [1.54, 1.807) is 11.3 Å². The van der Waals surface area contributed by atoms with Crippen LogP contribution >= 0.6 is 11.3 Å². The maximum Gasteiger partial charge on any atom is 0.234 e. The lowest BCUT2D eigenvalue weighted by atomic mass is 9.96. The van der Waals surface area contributed by atoms with Crippen LogP contribution in [0.2, 0.25) is 0 Å². The maximum atomic E-state index is 12.0. The van der Waals surface area contributed by atoms with E-state index in [9.17, 15) is 4.79 Å². The Morgan fingerprint density at radius 2 is 2.10 bits per heavy atom. The average molecular weight is 294 g/mol. The molecule has 3 nitrogen and oxygen atoms in total. The first-order valence-corrected chi connectivity index (χ1v) is 8.41. The second-order valence-corrected chi connectivity index (χ2v) is 7.70.